The molecule has 1 fully saturated rings. The summed E-state index contributed by atoms with van der Waals surface area (Å²) in [6.45, 7) is 4.48. The van der Waals surface area contributed by atoms with Crippen LogP contribution in [0.2, 0.25) is 0 Å². The molecule has 5 heteroatoms. The summed E-state index contributed by atoms with van der Waals surface area (Å²) in [4.78, 5) is 14.0. The van der Waals surface area contributed by atoms with Gasteiger partial charge < -0.3 is 10.1 Å². The Morgan fingerprint density at radius 1 is 1.41 bits per heavy atom. The highest BCUT2D eigenvalue weighted by atomic mass is 16.5. The monoisotopic (exact) mass is 301 g/mol. The van der Waals surface area contributed by atoms with E-state index in [-0.39, 0.29) is 18.7 Å². The highest BCUT2D eigenvalue weighted by Gasteiger charge is 2.27. The molecule has 0 saturated carbocycles. The van der Waals surface area contributed by atoms with Gasteiger partial charge in [-0.25, -0.2) is 4.79 Å². The zero-order chi connectivity index (χ0) is 15.8. The van der Waals surface area contributed by atoms with Gasteiger partial charge in [-0.2, -0.15) is 5.26 Å². The smallest absolute Gasteiger partial charge is 0.407 e. The maximum Gasteiger partial charge on any atom is 0.407 e. The molecule has 2 rings (SSSR count). The van der Waals surface area contributed by atoms with Crippen LogP contribution in [0.3, 0.4) is 0 Å². The fraction of sp³-hybridized carbons (Fsp3) is 0.529. The summed E-state index contributed by atoms with van der Waals surface area (Å²) < 4.78 is 5.26. The average Bonchev–Trinajstić information content (AvgIpc) is 2.54. The SMILES string of the molecule is CCC1CC(NC(=O)OCc2ccccc2)CN(CC#N)C1. The van der Waals surface area contributed by atoms with Gasteiger partial charge in [0.25, 0.3) is 0 Å². The molecule has 2 atom stereocenters. The Kier molecular flexibility index (Phi) is 6.23. The first-order chi connectivity index (χ1) is 10.7. The van der Waals surface area contributed by atoms with Gasteiger partial charge in [0.15, 0.2) is 0 Å². The maximum absolute atomic E-state index is 11.9. The molecule has 118 valence electrons. The summed E-state index contributed by atoms with van der Waals surface area (Å²) in [6.07, 6.45) is 1.61. The third-order valence-corrected chi connectivity index (χ3v) is 4.02. The van der Waals surface area contributed by atoms with E-state index in [9.17, 15) is 4.79 Å². The number of nitrogens with one attached hydrogen (secondary N) is 1. The number of hydrogen-bond acceptors (Lipinski definition) is 4. The summed E-state index contributed by atoms with van der Waals surface area (Å²) in [5.41, 5.74) is 0.971. The Morgan fingerprint density at radius 3 is 2.86 bits per heavy atom. The summed E-state index contributed by atoms with van der Waals surface area (Å²) in [6, 6.07) is 11.9. The summed E-state index contributed by atoms with van der Waals surface area (Å²) >= 11 is 0. The predicted octanol–water partition coefficient (Wildman–Crippen LogP) is 2.54. The van der Waals surface area contributed by atoms with Crippen molar-refractivity contribution in [2.24, 2.45) is 5.92 Å². The van der Waals surface area contributed by atoms with E-state index in [1.807, 2.05) is 30.3 Å². The van der Waals surface area contributed by atoms with Gasteiger partial charge in [-0.1, -0.05) is 43.7 Å². The Hall–Kier alpha value is -2.06. The first kappa shape index (κ1) is 16.3. The fourth-order valence-electron chi connectivity index (χ4n) is 2.86. The number of ether oxygens (including phenoxy) is 1. The van der Waals surface area contributed by atoms with Crippen LogP contribution in [0.4, 0.5) is 4.79 Å². The van der Waals surface area contributed by atoms with Crippen LogP contribution >= 0.6 is 0 Å². The van der Waals surface area contributed by atoms with E-state index >= 15 is 0 Å². The maximum atomic E-state index is 11.9. The zero-order valence-corrected chi connectivity index (χ0v) is 13.0. The number of rotatable bonds is 5. The lowest BCUT2D eigenvalue weighted by atomic mass is 9.92. The normalized spacial score (nSPS) is 21.8. The molecule has 1 aliphatic heterocycles. The van der Waals surface area contributed by atoms with Gasteiger partial charge in [0.2, 0.25) is 0 Å². The van der Waals surface area contributed by atoms with Crippen molar-refractivity contribution in [3.63, 3.8) is 0 Å². The lowest BCUT2D eigenvalue weighted by Gasteiger charge is -2.36. The molecule has 1 aromatic carbocycles. The highest BCUT2D eigenvalue weighted by molar-refractivity contribution is 5.67. The number of alkyl carbamates (subject to hydrolysis) is 1. The molecule has 1 aliphatic rings. The second kappa shape index (κ2) is 8.40. The average molecular weight is 301 g/mol. The minimum absolute atomic E-state index is 0.0512. The molecule has 5 nitrogen and oxygen atoms in total. The van der Waals surface area contributed by atoms with Gasteiger partial charge in [0.1, 0.15) is 6.61 Å². The van der Waals surface area contributed by atoms with Gasteiger partial charge in [0, 0.05) is 19.1 Å². The van der Waals surface area contributed by atoms with E-state index < -0.39 is 0 Å². The second-order valence-electron chi connectivity index (χ2n) is 5.77. The van der Waals surface area contributed by atoms with Crippen LogP contribution in [0.5, 0.6) is 0 Å². The fourth-order valence-corrected chi connectivity index (χ4v) is 2.86. The van der Waals surface area contributed by atoms with Gasteiger partial charge in [-0.05, 0) is 17.9 Å². The van der Waals surface area contributed by atoms with Gasteiger partial charge in [-0.15, -0.1) is 0 Å². The molecule has 1 saturated heterocycles. The van der Waals surface area contributed by atoms with Crippen LogP contribution in [0.1, 0.15) is 25.3 Å². The van der Waals surface area contributed by atoms with Crippen molar-refractivity contribution in [2.45, 2.75) is 32.4 Å². The van der Waals surface area contributed by atoms with Crippen LogP contribution in [0.15, 0.2) is 30.3 Å². The van der Waals surface area contributed by atoms with Gasteiger partial charge in [0.05, 0.1) is 12.6 Å². The molecule has 1 amide bonds. The van der Waals surface area contributed by atoms with Crippen molar-refractivity contribution in [2.75, 3.05) is 19.6 Å². The van der Waals surface area contributed by atoms with Gasteiger partial charge >= 0.3 is 6.09 Å². The molecular formula is C17H23N3O2. The van der Waals surface area contributed by atoms with Crippen LogP contribution in [0, 0.1) is 17.2 Å². The molecule has 0 spiro atoms. The minimum Gasteiger partial charge on any atom is -0.445 e. The molecule has 0 radical (unpaired) electrons. The quantitative estimate of drug-likeness (QED) is 0.849. The van der Waals surface area contributed by atoms with Crippen LogP contribution in [-0.2, 0) is 11.3 Å². The molecule has 2 unspecified atom stereocenters. The number of benzene rings is 1. The van der Waals surface area contributed by atoms with Crippen molar-refractivity contribution in [3.05, 3.63) is 35.9 Å². The first-order valence-electron chi connectivity index (χ1n) is 7.77. The molecule has 1 aromatic rings. The Labute approximate surface area is 131 Å². The van der Waals surface area contributed by atoms with E-state index in [4.69, 9.17) is 10.00 Å². The van der Waals surface area contributed by atoms with Gasteiger partial charge in [-0.3, -0.25) is 4.90 Å². The molecule has 1 heterocycles. The molecule has 1 N–H and O–H groups in total. The van der Waals surface area contributed by atoms with Crippen LogP contribution in [-0.4, -0.2) is 36.7 Å². The van der Waals surface area contributed by atoms with E-state index in [1.54, 1.807) is 0 Å². The van der Waals surface area contributed by atoms with Crippen molar-refractivity contribution >= 4 is 6.09 Å². The second-order valence-corrected chi connectivity index (χ2v) is 5.77. The lowest BCUT2D eigenvalue weighted by Crippen LogP contribution is -2.50. The zero-order valence-electron chi connectivity index (χ0n) is 13.0. The topological polar surface area (TPSA) is 65.4 Å². The first-order valence-corrected chi connectivity index (χ1v) is 7.77. The molecular weight excluding hydrogens is 278 g/mol. The van der Waals surface area contributed by atoms with E-state index in [0.29, 0.717) is 19.0 Å². The Bertz CT molecular complexity index is 512. The van der Waals surface area contributed by atoms with E-state index in [0.717, 1.165) is 24.9 Å². The third kappa shape index (κ3) is 5.05. The summed E-state index contributed by atoms with van der Waals surface area (Å²) in [5.74, 6) is 0.515. The molecule has 22 heavy (non-hydrogen) atoms. The van der Waals surface area contributed by atoms with E-state index in [1.165, 1.54) is 0 Å². The number of piperidine rings is 1. The van der Waals surface area contributed by atoms with Crippen LogP contribution in [0.25, 0.3) is 0 Å². The molecule has 0 aromatic heterocycles. The lowest BCUT2D eigenvalue weighted by molar-refractivity contribution is 0.114. The largest absolute Gasteiger partial charge is 0.445 e. The summed E-state index contributed by atoms with van der Waals surface area (Å²) in [5, 5.41) is 11.8. The molecule has 0 bridgehead atoms. The number of carbonyl (C=O) groups is 1. The minimum atomic E-state index is -0.387. The van der Waals surface area contributed by atoms with Crippen molar-refractivity contribution in [1.82, 2.24) is 10.2 Å². The number of nitrogens with zero attached hydrogens (tertiary/aromatic N) is 2. The third-order valence-electron chi connectivity index (χ3n) is 4.02. The number of likely N-dealkylation sites (tertiary alicyclic amines) is 1. The number of amides is 1. The Balaban J connectivity index is 1.80. The Morgan fingerprint density at radius 2 is 2.18 bits per heavy atom. The van der Waals surface area contributed by atoms with Crippen LogP contribution < -0.4 is 5.32 Å². The van der Waals surface area contributed by atoms with Crippen molar-refractivity contribution in [1.29, 1.82) is 5.26 Å². The van der Waals surface area contributed by atoms with E-state index in [2.05, 4.69) is 23.2 Å². The summed E-state index contributed by atoms with van der Waals surface area (Å²) in [7, 11) is 0. The highest BCUT2D eigenvalue weighted by Crippen LogP contribution is 2.19. The number of carbonyl (C=O) groups excluding carboxylic acids is 1. The van der Waals surface area contributed by atoms with Crippen molar-refractivity contribution in [3.8, 4) is 6.07 Å². The standard InChI is InChI=1S/C17H23N3O2/c1-2-14-10-16(12-20(11-14)9-8-18)19-17(21)22-13-15-6-4-3-5-7-15/h3-7,14,16H,2,9-13H2,1H3,(H,19,21). The predicted molar refractivity (Wildman–Crippen MR) is 84.0 cm³/mol. The number of nitriles is 1. The number of hydrogen-bond donors (Lipinski definition) is 1. The van der Waals surface area contributed by atoms with Crippen molar-refractivity contribution < 1.29 is 9.53 Å². The molecule has 0 aliphatic carbocycles.